The summed E-state index contributed by atoms with van der Waals surface area (Å²) in [5.74, 6) is 0. The van der Waals surface area contributed by atoms with E-state index in [2.05, 4.69) is 5.32 Å². The van der Waals surface area contributed by atoms with Crippen molar-refractivity contribution in [3.05, 3.63) is 24.3 Å². The summed E-state index contributed by atoms with van der Waals surface area (Å²) in [7, 11) is 1.73. The number of anilines is 2. The number of hydrogen-bond donors (Lipinski definition) is 2. The van der Waals surface area contributed by atoms with Crippen LogP contribution in [0, 0.1) is 0 Å². The van der Waals surface area contributed by atoms with E-state index >= 15 is 0 Å². The molecular formula is C12H18N2O2. The van der Waals surface area contributed by atoms with Gasteiger partial charge in [0, 0.05) is 26.7 Å². The fourth-order valence-corrected chi connectivity index (χ4v) is 1.88. The summed E-state index contributed by atoms with van der Waals surface area (Å²) in [5.41, 5.74) is 7.36. The maximum Gasteiger partial charge on any atom is 0.110 e. The number of nitrogen functional groups attached to an aromatic ring is 1. The molecule has 1 unspecified atom stereocenters. The van der Waals surface area contributed by atoms with Crippen LogP contribution >= 0.6 is 0 Å². The second kappa shape index (κ2) is 4.72. The molecule has 0 radical (unpaired) electrons. The van der Waals surface area contributed by atoms with Crippen molar-refractivity contribution in [2.24, 2.45) is 0 Å². The smallest absolute Gasteiger partial charge is 0.110 e. The van der Waals surface area contributed by atoms with Crippen molar-refractivity contribution in [2.75, 3.05) is 37.9 Å². The largest absolute Gasteiger partial charge is 0.397 e. The predicted octanol–water partition coefficient (Wildman–Crippen LogP) is 1.49. The molecule has 0 bridgehead atoms. The first-order chi connectivity index (χ1) is 7.76. The van der Waals surface area contributed by atoms with Gasteiger partial charge in [-0.05, 0) is 12.1 Å². The van der Waals surface area contributed by atoms with Crippen LogP contribution in [0.5, 0.6) is 0 Å². The molecule has 0 aliphatic carbocycles. The van der Waals surface area contributed by atoms with E-state index in [1.165, 1.54) is 0 Å². The first-order valence-electron chi connectivity index (χ1n) is 5.47. The minimum atomic E-state index is -0.206. The van der Waals surface area contributed by atoms with Crippen molar-refractivity contribution in [3.8, 4) is 0 Å². The van der Waals surface area contributed by atoms with Crippen LogP contribution in [0.4, 0.5) is 11.4 Å². The standard InChI is InChI=1S/C12H18N2O2/c1-15-12(6-7-16-9-12)8-14-11-5-3-2-4-10(11)13/h2-5,14H,6-9,13H2,1H3. The van der Waals surface area contributed by atoms with Gasteiger partial charge in [0.1, 0.15) is 5.60 Å². The normalized spacial score (nSPS) is 24.6. The van der Waals surface area contributed by atoms with Gasteiger partial charge in [0.05, 0.1) is 18.0 Å². The Bertz CT molecular complexity index is 349. The predicted molar refractivity (Wildman–Crippen MR) is 64.5 cm³/mol. The highest BCUT2D eigenvalue weighted by atomic mass is 16.5. The molecule has 0 spiro atoms. The Morgan fingerprint density at radius 1 is 1.50 bits per heavy atom. The first kappa shape index (κ1) is 11.2. The van der Waals surface area contributed by atoms with Crippen molar-refractivity contribution >= 4 is 11.4 Å². The molecule has 0 amide bonds. The number of methoxy groups -OCH3 is 1. The van der Waals surface area contributed by atoms with E-state index in [-0.39, 0.29) is 5.60 Å². The molecule has 0 saturated carbocycles. The van der Waals surface area contributed by atoms with Gasteiger partial charge in [0.25, 0.3) is 0 Å². The molecule has 1 atom stereocenters. The molecule has 88 valence electrons. The zero-order chi connectivity index (χ0) is 11.4. The minimum absolute atomic E-state index is 0.206. The molecule has 1 saturated heterocycles. The van der Waals surface area contributed by atoms with Crippen LogP contribution in [0.15, 0.2) is 24.3 Å². The third kappa shape index (κ3) is 2.28. The summed E-state index contributed by atoms with van der Waals surface area (Å²) in [4.78, 5) is 0. The van der Waals surface area contributed by atoms with Gasteiger partial charge < -0.3 is 20.5 Å². The number of rotatable bonds is 4. The Labute approximate surface area is 95.7 Å². The summed E-state index contributed by atoms with van der Waals surface area (Å²) in [5, 5.41) is 3.32. The molecule has 4 heteroatoms. The number of benzene rings is 1. The molecule has 1 aliphatic rings. The third-order valence-corrected chi connectivity index (χ3v) is 3.06. The highest BCUT2D eigenvalue weighted by molar-refractivity contribution is 5.65. The van der Waals surface area contributed by atoms with Gasteiger partial charge in [-0.15, -0.1) is 0 Å². The average Bonchev–Trinajstić information content (AvgIpc) is 2.78. The fourth-order valence-electron chi connectivity index (χ4n) is 1.88. The number of hydrogen-bond acceptors (Lipinski definition) is 4. The second-order valence-electron chi connectivity index (χ2n) is 4.13. The van der Waals surface area contributed by atoms with Crippen LogP contribution in [0.3, 0.4) is 0 Å². The van der Waals surface area contributed by atoms with Gasteiger partial charge in [-0.3, -0.25) is 0 Å². The van der Waals surface area contributed by atoms with Crippen molar-refractivity contribution in [1.82, 2.24) is 0 Å². The van der Waals surface area contributed by atoms with Crippen molar-refractivity contribution in [3.63, 3.8) is 0 Å². The summed E-state index contributed by atoms with van der Waals surface area (Å²) in [6, 6.07) is 7.73. The van der Waals surface area contributed by atoms with E-state index in [1.54, 1.807) is 7.11 Å². The molecule has 1 aromatic carbocycles. The molecule has 3 N–H and O–H groups in total. The molecule has 4 nitrogen and oxygen atoms in total. The Hall–Kier alpha value is -1.26. The number of nitrogens with one attached hydrogen (secondary N) is 1. The summed E-state index contributed by atoms with van der Waals surface area (Å²) in [6.07, 6.45) is 0.920. The van der Waals surface area contributed by atoms with Crippen molar-refractivity contribution in [1.29, 1.82) is 0 Å². The van der Waals surface area contributed by atoms with E-state index in [0.29, 0.717) is 6.61 Å². The summed E-state index contributed by atoms with van der Waals surface area (Å²) < 4.78 is 10.9. The van der Waals surface area contributed by atoms with Crippen LogP contribution in [0.25, 0.3) is 0 Å². The van der Waals surface area contributed by atoms with Crippen LogP contribution in [-0.4, -0.2) is 32.5 Å². The number of ether oxygens (including phenoxy) is 2. The number of para-hydroxylation sites is 2. The lowest BCUT2D eigenvalue weighted by atomic mass is 10.0. The van der Waals surface area contributed by atoms with E-state index < -0.39 is 0 Å². The molecule has 1 fully saturated rings. The van der Waals surface area contributed by atoms with E-state index in [4.69, 9.17) is 15.2 Å². The Kier molecular flexibility index (Phi) is 3.31. The van der Waals surface area contributed by atoms with E-state index in [9.17, 15) is 0 Å². The zero-order valence-corrected chi connectivity index (χ0v) is 9.53. The molecule has 2 rings (SSSR count). The van der Waals surface area contributed by atoms with Crippen LogP contribution in [0.1, 0.15) is 6.42 Å². The Balaban J connectivity index is 1.98. The highest BCUT2D eigenvalue weighted by Crippen LogP contribution is 2.24. The SMILES string of the molecule is COC1(CNc2ccccc2N)CCOC1. The zero-order valence-electron chi connectivity index (χ0n) is 9.53. The van der Waals surface area contributed by atoms with Crippen molar-refractivity contribution < 1.29 is 9.47 Å². The average molecular weight is 222 g/mol. The monoisotopic (exact) mass is 222 g/mol. The topological polar surface area (TPSA) is 56.5 Å². The fraction of sp³-hybridized carbons (Fsp3) is 0.500. The summed E-state index contributed by atoms with van der Waals surface area (Å²) in [6.45, 7) is 2.13. The lowest BCUT2D eigenvalue weighted by Gasteiger charge is -2.26. The van der Waals surface area contributed by atoms with Gasteiger partial charge in [0.2, 0.25) is 0 Å². The Morgan fingerprint density at radius 2 is 2.31 bits per heavy atom. The maximum atomic E-state index is 5.86. The molecule has 0 aromatic heterocycles. The quantitative estimate of drug-likeness (QED) is 0.758. The van der Waals surface area contributed by atoms with Crippen LogP contribution in [-0.2, 0) is 9.47 Å². The summed E-state index contributed by atoms with van der Waals surface area (Å²) >= 11 is 0. The van der Waals surface area contributed by atoms with Gasteiger partial charge in [-0.25, -0.2) is 0 Å². The highest BCUT2D eigenvalue weighted by Gasteiger charge is 2.34. The maximum absolute atomic E-state index is 5.86. The second-order valence-corrected chi connectivity index (χ2v) is 4.13. The molecule has 1 aromatic rings. The van der Waals surface area contributed by atoms with Gasteiger partial charge in [-0.1, -0.05) is 12.1 Å². The van der Waals surface area contributed by atoms with Crippen LogP contribution < -0.4 is 11.1 Å². The first-order valence-corrected chi connectivity index (χ1v) is 5.47. The Morgan fingerprint density at radius 3 is 2.94 bits per heavy atom. The molecule has 1 heterocycles. The third-order valence-electron chi connectivity index (χ3n) is 3.06. The van der Waals surface area contributed by atoms with Gasteiger partial charge in [-0.2, -0.15) is 0 Å². The molecule has 1 aliphatic heterocycles. The van der Waals surface area contributed by atoms with Crippen molar-refractivity contribution in [2.45, 2.75) is 12.0 Å². The minimum Gasteiger partial charge on any atom is -0.397 e. The van der Waals surface area contributed by atoms with Gasteiger partial charge in [0.15, 0.2) is 0 Å². The van der Waals surface area contributed by atoms with Crippen LogP contribution in [0.2, 0.25) is 0 Å². The number of nitrogens with two attached hydrogens (primary N) is 1. The van der Waals surface area contributed by atoms with E-state index in [1.807, 2.05) is 24.3 Å². The van der Waals surface area contributed by atoms with Gasteiger partial charge >= 0.3 is 0 Å². The molecule has 16 heavy (non-hydrogen) atoms. The molecular weight excluding hydrogens is 204 g/mol. The lowest BCUT2D eigenvalue weighted by molar-refractivity contribution is -0.00618. The lowest BCUT2D eigenvalue weighted by Crippen LogP contribution is -2.39. The van der Waals surface area contributed by atoms with E-state index in [0.717, 1.165) is 30.9 Å².